The molecule has 0 spiro atoms. The van der Waals surface area contributed by atoms with Crippen molar-refractivity contribution in [2.24, 2.45) is 5.73 Å². The maximum atomic E-state index is 8.97. The third-order valence-electron chi connectivity index (χ3n) is 1.70. The van der Waals surface area contributed by atoms with E-state index < -0.39 is 0 Å². The highest BCUT2D eigenvalue weighted by Crippen LogP contribution is 2.15. The molecular formula is C8H19NO2S. The van der Waals surface area contributed by atoms with Crippen molar-refractivity contribution in [2.75, 3.05) is 19.0 Å². The minimum absolute atomic E-state index is 0.0524. The van der Waals surface area contributed by atoms with Gasteiger partial charge in [0.2, 0.25) is 0 Å². The Morgan fingerprint density at radius 1 is 1.42 bits per heavy atom. The van der Waals surface area contributed by atoms with Crippen molar-refractivity contribution in [1.29, 1.82) is 0 Å². The monoisotopic (exact) mass is 193 g/mol. The summed E-state index contributed by atoms with van der Waals surface area (Å²) in [5.74, 6) is 0.655. The van der Waals surface area contributed by atoms with E-state index in [0.717, 1.165) is 12.8 Å². The van der Waals surface area contributed by atoms with Crippen LogP contribution < -0.4 is 5.73 Å². The molecule has 0 amide bonds. The summed E-state index contributed by atoms with van der Waals surface area (Å²) in [6, 6.07) is 0.0524. The summed E-state index contributed by atoms with van der Waals surface area (Å²) >= 11 is 1.54. The molecule has 0 aromatic rings. The van der Waals surface area contributed by atoms with Gasteiger partial charge in [-0.1, -0.05) is 13.3 Å². The van der Waals surface area contributed by atoms with E-state index in [9.17, 15) is 0 Å². The second kappa shape index (κ2) is 7.86. The summed E-state index contributed by atoms with van der Waals surface area (Å²) in [6.45, 7) is 2.33. The maximum absolute atomic E-state index is 8.97. The smallest absolute Gasteiger partial charge is 0.0565 e. The molecule has 0 aromatic carbocycles. The molecule has 0 radical (unpaired) electrons. The molecule has 0 fully saturated rings. The quantitative estimate of drug-likeness (QED) is 0.540. The van der Waals surface area contributed by atoms with Crippen molar-refractivity contribution in [3.05, 3.63) is 0 Å². The van der Waals surface area contributed by atoms with Gasteiger partial charge in [0.25, 0.3) is 0 Å². The molecule has 74 valence electrons. The van der Waals surface area contributed by atoms with E-state index in [2.05, 4.69) is 6.92 Å². The first-order valence-electron chi connectivity index (χ1n) is 4.35. The van der Waals surface area contributed by atoms with Crippen LogP contribution in [0.1, 0.15) is 19.8 Å². The largest absolute Gasteiger partial charge is 0.396 e. The van der Waals surface area contributed by atoms with Crippen LogP contribution in [-0.2, 0) is 0 Å². The first-order valence-corrected chi connectivity index (χ1v) is 5.40. The van der Waals surface area contributed by atoms with E-state index in [4.69, 9.17) is 15.9 Å². The summed E-state index contributed by atoms with van der Waals surface area (Å²) in [5.41, 5.74) is 5.82. The zero-order chi connectivity index (χ0) is 9.40. The highest BCUT2D eigenvalue weighted by atomic mass is 32.2. The van der Waals surface area contributed by atoms with Crippen LogP contribution in [0.4, 0.5) is 0 Å². The first kappa shape index (κ1) is 12.2. The van der Waals surface area contributed by atoms with Gasteiger partial charge in [0.05, 0.1) is 13.2 Å². The molecular weight excluding hydrogens is 174 g/mol. The van der Waals surface area contributed by atoms with Crippen LogP contribution in [0.3, 0.4) is 0 Å². The average molecular weight is 193 g/mol. The molecule has 2 unspecified atom stereocenters. The van der Waals surface area contributed by atoms with Gasteiger partial charge in [0.15, 0.2) is 0 Å². The number of hydrogen-bond donors (Lipinski definition) is 3. The van der Waals surface area contributed by atoms with Crippen molar-refractivity contribution in [3.8, 4) is 0 Å². The lowest BCUT2D eigenvalue weighted by Gasteiger charge is -2.20. The molecule has 3 nitrogen and oxygen atoms in total. The molecule has 0 aromatic heterocycles. The molecule has 2 atom stereocenters. The third kappa shape index (κ3) is 4.98. The van der Waals surface area contributed by atoms with Gasteiger partial charge in [-0.15, -0.1) is 0 Å². The normalized spacial score (nSPS) is 16.0. The van der Waals surface area contributed by atoms with Crippen LogP contribution in [-0.4, -0.2) is 40.5 Å². The average Bonchev–Trinajstić information content (AvgIpc) is 2.06. The van der Waals surface area contributed by atoms with Crippen LogP contribution in [0.2, 0.25) is 0 Å². The molecule has 0 aliphatic rings. The van der Waals surface area contributed by atoms with E-state index in [1.54, 1.807) is 11.8 Å². The SMILES string of the molecule is CCCC(N)C(CO)SCCO. The first-order chi connectivity index (χ1) is 5.76. The lowest BCUT2D eigenvalue weighted by molar-refractivity contribution is 0.278. The van der Waals surface area contributed by atoms with Crippen molar-refractivity contribution in [3.63, 3.8) is 0 Å². The molecule has 0 saturated heterocycles. The van der Waals surface area contributed by atoms with Crippen LogP contribution >= 0.6 is 11.8 Å². The number of thioether (sulfide) groups is 1. The Morgan fingerprint density at radius 2 is 2.08 bits per heavy atom. The van der Waals surface area contributed by atoms with E-state index in [1.807, 2.05) is 0 Å². The Balaban J connectivity index is 3.62. The van der Waals surface area contributed by atoms with Crippen LogP contribution in [0, 0.1) is 0 Å². The van der Waals surface area contributed by atoms with E-state index >= 15 is 0 Å². The van der Waals surface area contributed by atoms with Gasteiger partial charge < -0.3 is 15.9 Å². The van der Waals surface area contributed by atoms with Crippen molar-refractivity contribution >= 4 is 11.8 Å². The van der Waals surface area contributed by atoms with Gasteiger partial charge >= 0.3 is 0 Å². The number of aliphatic hydroxyl groups excluding tert-OH is 2. The summed E-state index contributed by atoms with van der Waals surface area (Å²) < 4.78 is 0. The van der Waals surface area contributed by atoms with Gasteiger partial charge in [-0.05, 0) is 6.42 Å². The Kier molecular flexibility index (Phi) is 8.01. The molecule has 0 bridgehead atoms. The molecule has 4 N–H and O–H groups in total. The summed E-state index contributed by atoms with van der Waals surface area (Å²) in [6.07, 6.45) is 1.97. The topological polar surface area (TPSA) is 66.5 Å². The molecule has 0 saturated carbocycles. The van der Waals surface area contributed by atoms with Gasteiger partial charge in [0.1, 0.15) is 0 Å². The highest BCUT2D eigenvalue weighted by molar-refractivity contribution is 8.00. The number of aliphatic hydroxyl groups is 2. The molecule has 0 heterocycles. The molecule has 0 aliphatic heterocycles. The second-order valence-electron chi connectivity index (χ2n) is 2.77. The lowest BCUT2D eigenvalue weighted by Crippen LogP contribution is -2.35. The van der Waals surface area contributed by atoms with Gasteiger partial charge in [-0.25, -0.2) is 0 Å². The standard InChI is InChI=1S/C8H19NO2S/c1-2-3-7(9)8(6-11)12-5-4-10/h7-8,10-11H,2-6,9H2,1H3. The van der Waals surface area contributed by atoms with Crippen LogP contribution in [0.5, 0.6) is 0 Å². The zero-order valence-electron chi connectivity index (χ0n) is 7.57. The van der Waals surface area contributed by atoms with Crippen molar-refractivity contribution in [2.45, 2.75) is 31.1 Å². The Labute approximate surface area is 78.3 Å². The fraction of sp³-hybridized carbons (Fsp3) is 1.00. The number of nitrogens with two attached hydrogens (primary N) is 1. The molecule has 12 heavy (non-hydrogen) atoms. The second-order valence-corrected chi connectivity index (χ2v) is 4.12. The fourth-order valence-electron chi connectivity index (χ4n) is 1.04. The zero-order valence-corrected chi connectivity index (χ0v) is 8.39. The minimum atomic E-state index is 0.0524. The van der Waals surface area contributed by atoms with Crippen molar-refractivity contribution in [1.82, 2.24) is 0 Å². The lowest BCUT2D eigenvalue weighted by atomic mass is 10.1. The molecule has 0 rings (SSSR count). The molecule has 4 heteroatoms. The summed E-state index contributed by atoms with van der Waals surface area (Å²) in [5, 5.41) is 17.6. The van der Waals surface area contributed by atoms with Crippen LogP contribution in [0.25, 0.3) is 0 Å². The predicted octanol–water partition coefficient (Wildman–Crippen LogP) is 0.200. The Morgan fingerprint density at radius 3 is 2.50 bits per heavy atom. The van der Waals surface area contributed by atoms with Gasteiger partial charge in [0, 0.05) is 17.0 Å². The van der Waals surface area contributed by atoms with E-state index in [0.29, 0.717) is 5.75 Å². The van der Waals surface area contributed by atoms with Crippen LogP contribution in [0.15, 0.2) is 0 Å². The van der Waals surface area contributed by atoms with E-state index in [-0.39, 0.29) is 24.5 Å². The third-order valence-corrected chi connectivity index (χ3v) is 3.05. The maximum Gasteiger partial charge on any atom is 0.0565 e. The number of hydrogen-bond acceptors (Lipinski definition) is 4. The van der Waals surface area contributed by atoms with E-state index in [1.165, 1.54) is 0 Å². The van der Waals surface area contributed by atoms with Gasteiger partial charge in [-0.2, -0.15) is 11.8 Å². The highest BCUT2D eigenvalue weighted by Gasteiger charge is 2.15. The minimum Gasteiger partial charge on any atom is -0.396 e. The Bertz CT molecular complexity index is 103. The summed E-state index contributed by atoms with van der Waals surface area (Å²) in [4.78, 5) is 0. The van der Waals surface area contributed by atoms with Crippen molar-refractivity contribution < 1.29 is 10.2 Å². The fourth-order valence-corrected chi connectivity index (χ4v) is 1.93. The predicted molar refractivity (Wildman–Crippen MR) is 53.3 cm³/mol. The molecule has 0 aliphatic carbocycles. The Hall–Kier alpha value is 0.230. The summed E-state index contributed by atoms with van der Waals surface area (Å²) in [7, 11) is 0. The number of rotatable bonds is 7. The van der Waals surface area contributed by atoms with Gasteiger partial charge in [-0.3, -0.25) is 0 Å².